The molecule has 94 valence electrons. The molecule has 1 fully saturated rings. The van der Waals surface area contributed by atoms with Crippen LogP contribution in [0.3, 0.4) is 0 Å². The van der Waals surface area contributed by atoms with Crippen LogP contribution in [-0.2, 0) is 14.3 Å². The molecule has 0 amide bonds. The van der Waals surface area contributed by atoms with Gasteiger partial charge >= 0.3 is 5.97 Å². The van der Waals surface area contributed by atoms with Crippen molar-refractivity contribution < 1.29 is 14.3 Å². The standard InChI is InChI=1S/C12H23NO3/c1-5-16-11(14)10-8-13-7-9(10)6-12(2,3)15-4/h9-10,13H,5-8H2,1-4H3. The van der Waals surface area contributed by atoms with Gasteiger partial charge in [0.1, 0.15) is 0 Å². The highest BCUT2D eigenvalue weighted by Gasteiger charge is 2.37. The summed E-state index contributed by atoms with van der Waals surface area (Å²) in [6.07, 6.45) is 0.875. The Morgan fingerprint density at radius 1 is 1.44 bits per heavy atom. The molecule has 0 aromatic carbocycles. The van der Waals surface area contributed by atoms with E-state index in [9.17, 15) is 4.79 Å². The quantitative estimate of drug-likeness (QED) is 0.720. The van der Waals surface area contributed by atoms with E-state index in [0.717, 1.165) is 19.5 Å². The molecule has 1 saturated heterocycles. The van der Waals surface area contributed by atoms with E-state index in [0.29, 0.717) is 12.5 Å². The van der Waals surface area contributed by atoms with E-state index < -0.39 is 0 Å². The van der Waals surface area contributed by atoms with E-state index in [1.807, 2.05) is 20.8 Å². The van der Waals surface area contributed by atoms with Gasteiger partial charge < -0.3 is 14.8 Å². The second-order valence-electron chi connectivity index (χ2n) is 4.94. The molecule has 2 unspecified atom stereocenters. The first-order valence-corrected chi connectivity index (χ1v) is 5.92. The first-order chi connectivity index (χ1) is 7.50. The van der Waals surface area contributed by atoms with Crippen molar-refractivity contribution in [1.82, 2.24) is 5.32 Å². The lowest BCUT2D eigenvalue weighted by Gasteiger charge is -2.28. The summed E-state index contributed by atoms with van der Waals surface area (Å²) < 4.78 is 10.5. The zero-order chi connectivity index (χ0) is 12.2. The zero-order valence-electron chi connectivity index (χ0n) is 10.7. The number of hydrogen-bond acceptors (Lipinski definition) is 4. The van der Waals surface area contributed by atoms with Gasteiger partial charge in [-0.3, -0.25) is 4.79 Å². The number of ether oxygens (including phenoxy) is 2. The topological polar surface area (TPSA) is 47.6 Å². The lowest BCUT2D eigenvalue weighted by molar-refractivity contribution is -0.149. The smallest absolute Gasteiger partial charge is 0.310 e. The Kier molecular flexibility index (Phi) is 4.74. The van der Waals surface area contributed by atoms with Crippen LogP contribution < -0.4 is 5.32 Å². The molecule has 0 aromatic rings. The fraction of sp³-hybridized carbons (Fsp3) is 0.917. The monoisotopic (exact) mass is 229 g/mol. The van der Waals surface area contributed by atoms with Gasteiger partial charge in [0.2, 0.25) is 0 Å². The second-order valence-corrected chi connectivity index (χ2v) is 4.94. The van der Waals surface area contributed by atoms with Gasteiger partial charge in [-0.1, -0.05) is 0 Å². The Labute approximate surface area is 97.7 Å². The first-order valence-electron chi connectivity index (χ1n) is 5.92. The number of carbonyl (C=O) groups is 1. The SMILES string of the molecule is CCOC(=O)C1CNCC1CC(C)(C)OC. The number of rotatable bonds is 5. The molecule has 0 spiro atoms. The van der Waals surface area contributed by atoms with Crippen LogP contribution >= 0.6 is 0 Å². The summed E-state index contributed by atoms with van der Waals surface area (Å²) in [5, 5.41) is 3.25. The van der Waals surface area contributed by atoms with Crippen molar-refractivity contribution in [3.63, 3.8) is 0 Å². The maximum absolute atomic E-state index is 11.7. The maximum atomic E-state index is 11.7. The Hall–Kier alpha value is -0.610. The third-order valence-electron chi connectivity index (χ3n) is 3.24. The maximum Gasteiger partial charge on any atom is 0.310 e. The van der Waals surface area contributed by atoms with Gasteiger partial charge in [0.05, 0.1) is 18.1 Å². The zero-order valence-corrected chi connectivity index (χ0v) is 10.7. The molecular formula is C12H23NO3. The van der Waals surface area contributed by atoms with Gasteiger partial charge in [-0.15, -0.1) is 0 Å². The van der Waals surface area contributed by atoms with Crippen molar-refractivity contribution in [2.75, 3.05) is 26.8 Å². The van der Waals surface area contributed by atoms with Gasteiger partial charge in [0.15, 0.2) is 0 Å². The average molecular weight is 229 g/mol. The van der Waals surface area contributed by atoms with Crippen LogP contribution in [0.1, 0.15) is 27.2 Å². The van der Waals surface area contributed by atoms with Crippen LogP contribution in [-0.4, -0.2) is 38.4 Å². The van der Waals surface area contributed by atoms with Gasteiger partial charge in [0, 0.05) is 13.7 Å². The molecular weight excluding hydrogens is 206 g/mol. The summed E-state index contributed by atoms with van der Waals surface area (Å²) >= 11 is 0. The molecule has 0 aliphatic carbocycles. The minimum absolute atomic E-state index is 0.0191. The van der Waals surface area contributed by atoms with Gasteiger partial charge in [-0.25, -0.2) is 0 Å². The number of nitrogens with one attached hydrogen (secondary N) is 1. The summed E-state index contributed by atoms with van der Waals surface area (Å²) in [5.41, 5.74) is -0.179. The molecule has 1 rings (SSSR count). The van der Waals surface area contributed by atoms with Crippen LogP contribution in [0, 0.1) is 11.8 Å². The van der Waals surface area contributed by atoms with Crippen LogP contribution in [0.15, 0.2) is 0 Å². The third-order valence-corrected chi connectivity index (χ3v) is 3.24. The predicted octanol–water partition coefficient (Wildman–Crippen LogP) is 1.20. The Morgan fingerprint density at radius 3 is 2.69 bits per heavy atom. The summed E-state index contributed by atoms with van der Waals surface area (Å²) in [6.45, 7) is 7.99. The van der Waals surface area contributed by atoms with Gasteiger partial charge in [-0.2, -0.15) is 0 Å². The highest BCUT2D eigenvalue weighted by Crippen LogP contribution is 2.28. The minimum Gasteiger partial charge on any atom is -0.466 e. The molecule has 4 heteroatoms. The second kappa shape index (κ2) is 5.64. The van der Waals surface area contributed by atoms with Crippen LogP contribution in [0.2, 0.25) is 0 Å². The molecule has 0 radical (unpaired) electrons. The molecule has 4 nitrogen and oxygen atoms in total. The Bertz CT molecular complexity index is 240. The molecule has 1 heterocycles. The van der Waals surface area contributed by atoms with Gasteiger partial charge in [-0.05, 0) is 39.7 Å². The fourth-order valence-corrected chi connectivity index (χ4v) is 2.19. The summed E-state index contributed by atoms with van der Waals surface area (Å²) in [4.78, 5) is 11.7. The Morgan fingerprint density at radius 2 is 2.12 bits per heavy atom. The first kappa shape index (κ1) is 13.5. The largest absolute Gasteiger partial charge is 0.466 e. The highest BCUT2D eigenvalue weighted by molar-refractivity contribution is 5.73. The number of esters is 1. The lowest BCUT2D eigenvalue weighted by Crippen LogP contribution is -2.32. The van der Waals surface area contributed by atoms with Crippen LogP contribution in [0.25, 0.3) is 0 Å². The van der Waals surface area contributed by atoms with Crippen molar-refractivity contribution >= 4 is 5.97 Å². The van der Waals surface area contributed by atoms with Gasteiger partial charge in [0.25, 0.3) is 0 Å². The number of hydrogen-bond donors (Lipinski definition) is 1. The number of methoxy groups -OCH3 is 1. The van der Waals surface area contributed by atoms with Crippen molar-refractivity contribution in [2.45, 2.75) is 32.8 Å². The van der Waals surface area contributed by atoms with E-state index in [1.165, 1.54) is 0 Å². The van der Waals surface area contributed by atoms with Crippen molar-refractivity contribution in [2.24, 2.45) is 11.8 Å². The van der Waals surface area contributed by atoms with E-state index in [4.69, 9.17) is 9.47 Å². The molecule has 2 atom stereocenters. The van der Waals surface area contributed by atoms with E-state index in [1.54, 1.807) is 7.11 Å². The Balaban J connectivity index is 2.55. The summed E-state index contributed by atoms with van der Waals surface area (Å²) in [5.74, 6) is 0.216. The van der Waals surface area contributed by atoms with Crippen molar-refractivity contribution in [3.8, 4) is 0 Å². The predicted molar refractivity (Wildman–Crippen MR) is 62.2 cm³/mol. The molecule has 0 saturated carbocycles. The summed E-state index contributed by atoms with van der Waals surface area (Å²) in [6, 6.07) is 0. The molecule has 16 heavy (non-hydrogen) atoms. The van der Waals surface area contributed by atoms with Crippen LogP contribution in [0.4, 0.5) is 0 Å². The summed E-state index contributed by atoms with van der Waals surface area (Å²) in [7, 11) is 1.71. The molecule has 1 aliphatic rings. The fourth-order valence-electron chi connectivity index (χ4n) is 2.19. The average Bonchev–Trinajstić information content (AvgIpc) is 2.65. The third kappa shape index (κ3) is 3.46. The highest BCUT2D eigenvalue weighted by atomic mass is 16.5. The normalized spacial score (nSPS) is 25.8. The molecule has 0 bridgehead atoms. The number of carbonyl (C=O) groups excluding carboxylic acids is 1. The van der Waals surface area contributed by atoms with Crippen molar-refractivity contribution in [3.05, 3.63) is 0 Å². The lowest BCUT2D eigenvalue weighted by atomic mass is 9.86. The molecule has 0 aromatic heterocycles. The van der Waals surface area contributed by atoms with Crippen LogP contribution in [0.5, 0.6) is 0 Å². The van der Waals surface area contributed by atoms with Crippen molar-refractivity contribution in [1.29, 1.82) is 0 Å². The van der Waals surface area contributed by atoms with E-state index in [2.05, 4.69) is 5.32 Å². The van der Waals surface area contributed by atoms with E-state index in [-0.39, 0.29) is 17.5 Å². The minimum atomic E-state index is -0.179. The molecule has 1 aliphatic heterocycles. The molecule has 1 N–H and O–H groups in total. The van der Waals surface area contributed by atoms with E-state index >= 15 is 0 Å².